The molecule has 0 spiro atoms. The minimum atomic E-state index is -3.17. The van der Waals surface area contributed by atoms with Gasteiger partial charge in [0.2, 0.25) is 0 Å². The summed E-state index contributed by atoms with van der Waals surface area (Å²) in [5.74, 6) is 0. The van der Waals surface area contributed by atoms with Crippen LogP contribution in [0.5, 0.6) is 0 Å². The van der Waals surface area contributed by atoms with Crippen LogP contribution in [0.2, 0.25) is 33.0 Å². The van der Waals surface area contributed by atoms with Gasteiger partial charge >= 0.3 is 176 Å². The monoisotopic (exact) mass is 526 g/mol. The van der Waals surface area contributed by atoms with E-state index in [0.29, 0.717) is 13.2 Å². The van der Waals surface area contributed by atoms with E-state index >= 15 is 0 Å². The summed E-state index contributed by atoms with van der Waals surface area (Å²) in [5.41, 5.74) is 0. The van der Waals surface area contributed by atoms with E-state index in [1.165, 1.54) is 51.8 Å². The molecule has 162 valence electrons. The van der Waals surface area contributed by atoms with Crippen LogP contribution in [0.4, 0.5) is 0 Å². The van der Waals surface area contributed by atoms with E-state index in [9.17, 15) is 4.57 Å². The fourth-order valence-corrected chi connectivity index (χ4v) is 32.0. The number of hydrogen-bond acceptors (Lipinski definition) is 3. The molecule has 0 radical (unpaired) electrons. The summed E-state index contributed by atoms with van der Waals surface area (Å²) in [4.78, 5) is 1.11. The predicted molar refractivity (Wildman–Crippen MR) is 127 cm³/mol. The van der Waals surface area contributed by atoms with E-state index in [2.05, 4.69) is 44.5 Å². The minimum absolute atomic E-state index is 0.445. The third-order valence-electron chi connectivity index (χ3n) is 5.19. The maximum atomic E-state index is 13.8. The summed E-state index contributed by atoms with van der Waals surface area (Å²) in [6.07, 6.45) is 7.69. The normalized spacial score (nSPS) is 14.0. The Hall–Kier alpha value is 0.906. The molecule has 27 heavy (non-hydrogen) atoms. The van der Waals surface area contributed by atoms with Gasteiger partial charge in [0.1, 0.15) is 0 Å². The topological polar surface area (TPSA) is 35.5 Å². The van der Waals surface area contributed by atoms with Crippen LogP contribution >= 0.6 is 7.60 Å². The van der Waals surface area contributed by atoms with Gasteiger partial charge in [-0.3, -0.25) is 0 Å². The molecule has 0 aliphatic rings. The first-order valence-corrected chi connectivity index (χ1v) is 24.0. The van der Waals surface area contributed by atoms with Crippen LogP contribution in [0.15, 0.2) is 9.03 Å². The van der Waals surface area contributed by atoms with E-state index in [1.54, 1.807) is 0 Å². The van der Waals surface area contributed by atoms with Crippen LogP contribution in [0, 0.1) is 0 Å². The van der Waals surface area contributed by atoms with Crippen molar-refractivity contribution in [2.45, 2.75) is 106 Å². The molecule has 0 aliphatic carbocycles. The SMILES string of the molecule is CCC[CH2][Sn](/[CH]=C(\[Si](C)(C)C)P(=O)(OCC)OCC)([CH2]CCC)[CH2]CCC. The Bertz CT molecular complexity index is 443. The van der Waals surface area contributed by atoms with E-state index in [-0.39, 0.29) is 0 Å². The van der Waals surface area contributed by atoms with Crippen LogP contribution in [0.1, 0.15) is 73.1 Å². The first-order chi connectivity index (χ1) is 12.6. The van der Waals surface area contributed by atoms with Gasteiger partial charge in [-0.2, -0.15) is 0 Å². The number of hydrogen-bond donors (Lipinski definition) is 0. The Morgan fingerprint density at radius 1 is 0.815 bits per heavy atom. The molecule has 0 amide bonds. The van der Waals surface area contributed by atoms with Gasteiger partial charge in [0, 0.05) is 0 Å². The Kier molecular flexibility index (Phi) is 14.5. The third-order valence-corrected chi connectivity index (χ3v) is 27.3. The standard InChI is InChI=1S/C9H20O3PSi.3C4H9.Sn/c1-7-11-13(10,12-8-2)9(3)14(4,5)6;3*1-3-4-2;/h3H,7-8H2,1-2,4-6H3;3*1,3-4H2,2H3;. The molecule has 0 aromatic carbocycles. The summed E-state index contributed by atoms with van der Waals surface area (Å²) in [6.45, 7) is 18.5. The second-order valence-electron chi connectivity index (χ2n) is 8.79. The third kappa shape index (κ3) is 9.97. The molecule has 0 saturated heterocycles. The summed E-state index contributed by atoms with van der Waals surface area (Å²) >= 11 is -2.57. The molecule has 0 saturated carbocycles. The van der Waals surface area contributed by atoms with Crippen molar-refractivity contribution in [3.63, 3.8) is 0 Å². The molecular formula is C21H47O3PSiSn. The van der Waals surface area contributed by atoms with Crippen LogP contribution in [0.25, 0.3) is 0 Å². The van der Waals surface area contributed by atoms with Crippen LogP contribution in [-0.2, 0) is 13.6 Å². The van der Waals surface area contributed by atoms with Gasteiger partial charge in [0.25, 0.3) is 0 Å². The second-order valence-corrected chi connectivity index (χ2v) is 29.1. The first-order valence-electron chi connectivity index (χ1n) is 11.3. The molecular weight excluding hydrogens is 478 g/mol. The molecule has 3 nitrogen and oxygen atoms in total. The first kappa shape index (κ1) is 27.9. The zero-order valence-electron chi connectivity index (χ0n) is 19.5. The van der Waals surface area contributed by atoms with Crippen molar-refractivity contribution in [3.05, 3.63) is 9.03 Å². The summed E-state index contributed by atoms with van der Waals surface area (Å²) in [5, 5.41) is 0. The van der Waals surface area contributed by atoms with E-state index in [0.717, 1.165) is 4.94 Å². The summed E-state index contributed by atoms with van der Waals surface area (Å²) in [6, 6.07) is 0. The quantitative estimate of drug-likeness (QED) is 0.150. The maximum absolute atomic E-state index is 13.8. The average molecular weight is 525 g/mol. The van der Waals surface area contributed by atoms with E-state index in [4.69, 9.17) is 9.05 Å². The molecule has 0 aliphatic heterocycles. The van der Waals surface area contributed by atoms with E-state index < -0.39 is 34.0 Å². The average Bonchev–Trinajstić information content (AvgIpc) is 2.59. The molecule has 0 aromatic rings. The van der Waals surface area contributed by atoms with Gasteiger partial charge in [0.05, 0.1) is 0 Å². The van der Waals surface area contributed by atoms with Crippen molar-refractivity contribution in [3.8, 4) is 0 Å². The Morgan fingerprint density at radius 2 is 1.19 bits per heavy atom. The van der Waals surface area contributed by atoms with Crippen LogP contribution < -0.4 is 0 Å². The molecule has 0 unspecified atom stereocenters. The Balaban J connectivity index is 6.34. The molecule has 0 heterocycles. The molecule has 0 bridgehead atoms. The second kappa shape index (κ2) is 14.0. The van der Waals surface area contributed by atoms with Crippen molar-refractivity contribution in [2.24, 2.45) is 0 Å². The number of rotatable bonds is 16. The van der Waals surface area contributed by atoms with Crippen molar-refractivity contribution in [1.82, 2.24) is 0 Å². The van der Waals surface area contributed by atoms with Crippen LogP contribution in [-0.4, -0.2) is 39.7 Å². The van der Waals surface area contributed by atoms with E-state index in [1.807, 2.05) is 13.8 Å². The zero-order chi connectivity index (χ0) is 21.0. The fourth-order valence-electron chi connectivity index (χ4n) is 3.69. The van der Waals surface area contributed by atoms with Crippen molar-refractivity contribution in [1.29, 1.82) is 0 Å². The van der Waals surface area contributed by atoms with Gasteiger partial charge in [-0.25, -0.2) is 0 Å². The van der Waals surface area contributed by atoms with Gasteiger partial charge < -0.3 is 0 Å². The summed E-state index contributed by atoms with van der Waals surface area (Å²) in [7, 11) is -4.99. The van der Waals surface area contributed by atoms with Crippen molar-refractivity contribution in [2.75, 3.05) is 13.2 Å². The molecule has 0 rings (SSSR count). The zero-order valence-corrected chi connectivity index (χ0v) is 24.3. The molecule has 0 fully saturated rings. The molecule has 0 N–H and O–H groups in total. The Labute approximate surface area is 175 Å². The Morgan fingerprint density at radius 3 is 1.44 bits per heavy atom. The fraction of sp³-hybridized carbons (Fsp3) is 0.905. The molecule has 0 atom stereocenters. The predicted octanol–water partition coefficient (Wildman–Crippen LogP) is 8.40. The van der Waals surface area contributed by atoms with Gasteiger partial charge in [-0.15, -0.1) is 0 Å². The van der Waals surface area contributed by atoms with Gasteiger partial charge in [0.15, 0.2) is 0 Å². The van der Waals surface area contributed by atoms with Gasteiger partial charge in [-0.1, -0.05) is 0 Å². The number of unbranched alkanes of at least 4 members (excludes halogenated alkanes) is 3. The van der Waals surface area contributed by atoms with Gasteiger partial charge in [-0.05, 0) is 0 Å². The molecule has 6 heteroatoms. The van der Waals surface area contributed by atoms with Crippen molar-refractivity contribution < 1.29 is 13.6 Å². The summed E-state index contributed by atoms with van der Waals surface area (Å²) < 4.78 is 32.3. The van der Waals surface area contributed by atoms with Crippen LogP contribution in [0.3, 0.4) is 0 Å². The molecule has 0 aromatic heterocycles. The van der Waals surface area contributed by atoms with Crippen molar-refractivity contribution >= 4 is 34.0 Å².